The molecule has 0 aliphatic rings. The van der Waals surface area contributed by atoms with Gasteiger partial charge in [0, 0.05) is 6.08 Å². The van der Waals surface area contributed by atoms with Crippen LogP contribution in [0.3, 0.4) is 0 Å². The Morgan fingerprint density at radius 2 is 1.94 bits per heavy atom. The van der Waals surface area contributed by atoms with Gasteiger partial charge in [-0.1, -0.05) is 38.3 Å². The Labute approximate surface area is 99.4 Å². The molecule has 2 heteroatoms. The van der Waals surface area contributed by atoms with Gasteiger partial charge in [0.05, 0.1) is 6.61 Å². The fourth-order valence-corrected chi connectivity index (χ4v) is 1.38. The van der Waals surface area contributed by atoms with Gasteiger partial charge in [0.25, 0.3) is 0 Å². The molecule has 0 aromatic heterocycles. The van der Waals surface area contributed by atoms with Crippen molar-refractivity contribution in [2.24, 2.45) is 0 Å². The number of hydrogen-bond donors (Lipinski definition) is 0. The van der Waals surface area contributed by atoms with Crippen LogP contribution in [0.15, 0.2) is 23.8 Å². The normalized spacial score (nSPS) is 12.1. The van der Waals surface area contributed by atoms with Crippen molar-refractivity contribution in [3.8, 4) is 0 Å². The molecule has 0 saturated heterocycles. The Morgan fingerprint density at radius 3 is 2.56 bits per heavy atom. The molecule has 0 aliphatic heterocycles. The largest absolute Gasteiger partial charge is 0.463 e. The molecule has 0 spiro atoms. The molecule has 0 heterocycles. The first-order chi connectivity index (χ1) is 7.70. The summed E-state index contributed by atoms with van der Waals surface area (Å²) in [7, 11) is 0. The Hall–Kier alpha value is -1.05. The average molecular weight is 224 g/mol. The van der Waals surface area contributed by atoms with Gasteiger partial charge in [0.2, 0.25) is 0 Å². The van der Waals surface area contributed by atoms with E-state index in [1.165, 1.54) is 31.8 Å². The van der Waals surface area contributed by atoms with Gasteiger partial charge in [0.15, 0.2) is 0 Å². The second-order valence-corrected chi connectivity index (χ2v) is 3.89. The maximum Gasteiger partial charge on any atom is 0.330 e. The van der Waals surface area contributed by atoms with E-state index in [2.05, 4.69) is 13.0 Å². The molecule has 0 fully saturated rings. The predicted octanol–water partition coefficient (Wildman–Crippen LogP) is 4.02. The van der Waals surface area contributed by atoms with Crippen LogP contribution in [0.25, 0.3) is 0 Å². The highest BCUT2D eigenvalue weighted by atomic mass is 16.5. The van der Waals surface area contributed by atoms with Gasteiger partial charge in [-0.25, -0.2) is 4.79 Å². The molecule has 2 nitrogen and oxygen atoms in total. The van der Waals surface area contributed by atoms with Crippen LogP contribution < -0.4 is 0 Å². The predicted molar refractivity (Wildman–Crippen MR) is 68.3 cm³/mol. The zero-order valence-electron chi connectivity index (χ0n) is 10.8. The van der Waals surface area contributed by atoms with Crippen molar-refractivity contribution in [3.63, 3.8) is 0 Å². The van der Waals surface area contributed by atoms with Crippen LogP contribution in [0.5, 0.6) is 0 Å². The summed E-state index contributed by atoms with van der Waals surface area (Å²) in [5.74, 6) is -0.254. The summed E-state index contributed by atoms with van der Waals surface area (Å²) in [4.78, 5) is 11.1. The minimum Gasteiger partial charge on any atom is -0.463 e. The van der Waals surface area contributed by atoms with Gasteiger partial charge >= 0.3 is 5.97 Å². The average Bonchev–Trinajstić information content (AvgIpc) is 2.23. The number of unbranched alkanes of at least 4 members (excludes halogenated alkanes) is 4. The van der Waals surface area contributed by atoms with Crippen molar-refractivity contribution in [1.82, 2.24) is 0 Å². The Balaban J connectivity index is 3.72. The van der Waals surface area contributed by atoms with Crippen molar-refractivity contribution in [2.45, 2.75) is 52.9 Å². The molecule has 0 amide bonds. The van der Waals surface area contributed by atoms with Crippen molar-refractivity contribution in [2.75, 3.05) is 6.61 Å². The molecule has 0 rings (SSSR count). The minimum absolute atomic E-state index is 0.254. The van der Waals surface area contributed by atoms with E-state index in [-0.39, 0.29) is 5.97 Å². The van der Waals surface area contributed by atoms with E-state index >= 15 is 0 Å². The maximum absolute atomic E-state index is 11.1. The summed E-state index contributed by atoms with van der Waals surface area (Å²) < 4.78 is 4.82. The first-order valence-corrected chi connectivity index (χ1v) is 6.22. The topological polar surface area (TPSA) is 26.3 Å². The summed E-state index contributed by atoms with van der Waals surface area (Å²) >= 11 is 0. The molecule has 0 atom stereocenters. The Morgan fingerprint density at radius 1 is 1.19 bits per heavy atom. The third-order valence-electron chi connectivity index (χ3n) is 2.24. The van der Waals surface area contributed by atoms with Gasteiger partial charge in [-0.15, -0.1) is 0 Å². The van der Waals surface area contributed by atoms with Crippen LogP contribution in [-0.2, 0) is 9.53 Å². The highest BCUT2D eigenvalue weighted by molar-refractivity contribution is 5.83. The van der Waals surface area contributed by atoms with Gasteiger partial charge in [-0.2, -0.15) is 0 Å². The fraction of sp³-hybridized carbons (Fsp3) is 0.643. The molecule has 0 N–H and O–H groups in total. The lowest BCUT2D eigenvalue weighted by molar-refractivity contribution is -0.137. The van der Waals surface area contributed by atoms with Crippen LogP contribution in [0.4, 0.5) is 0 Å². The van der Waals surface area contributed by atoms with Crippen LogP contribution in [-0.4, -0.2) is 12.6 Å². The minimum atomic E-state index is -0.254. The standard InChI is InChI=1S/C14H24O2/c1-4-6-7-8-9-10-11-13(3)12-14(15)16-5-2/h10-12H,4-9H2,1-3H3/b11-10+,13-12+. The molecular formula is C14H24O2. The summed E-state index contributed by atoms with van der Waals surface area (Å²) in [6.07, 6.45) is 11.8. The number of rotatable bonds is 8. The molecule has 0 saturated carbocycles. The lowest BCUT2D eigenvalue weighted by atomic mass is 10.1. The third kappa shape index (κ3) is 9.50. The molecule has 0 bridgehead atoms. The van der Waals surface area contributed by atoms with E-state index < -0.39 is 0 Å². The van der Waals surface area contributed by atoms with Gasteiger partial charge < -0.3 is 4.74 Å². The summed E-state index contributed by atoms with van der Waals surface area (Å²) in [6.45, 7) is 6.37. The molecule has 0 radical (unpaired) electrons. The lowest BCUT2D eigenvalue weighted by Gasteiger charge is -1.97. The molecule has 0 unspecified atom stereocenters. The molecule has 92 valence electrons. The Bertz CT molecular complexity index is 239. The third-order valence-corrected chi connectivity index (χ3v) is 2.24. The molecule has 0 aliphatic carbocycles. The van der Waals surface area contributed by atoms with E-state index in [0.29, 0.717) is 6.61 Å². The summed E-state index contributed by atoms with van der Waals surface area (Å²) in [5, 5.41) is 0. The second-order valence-electron chi connectivity index (χ2n) is 3.89. The lowest BCUT2D eigenvalue weighted by Crippen LogP contribution is -1.99. The summed E-state index contributed by atoms with van der Waals surface area (Å²) in [5.41, 5.74) is 0.953. The van der Waals surface area contributed by atoms with Crippen molar-refractivity contribution < 1.29 is 9.53 Å². The number of carbonyl (C=O) groups excluding carboxylic acids is 1. The maximum atomic E-state index is 11.1. The quantitative estimate of drug-likeness (QED) is 0.269. The Kier molecular flexibility index (Phi) is 9.78. The van der Waals surface area contributed by atoms with Crippen LogP contribution in [0.1, 0.15) is 52.9 Å². The van der Waals surface area contributed by atoms with E-state index in [4.69, 9.17) is 4.74 Å². The van der Waals surface area contributed by atoms with Gasteiger partial charge in [-0.05, 0) is 32.3 Å². The summed E-state index contributed by atoms with van der Waals surface area (Å²) in [6, 6.07) is 0. The molecular weight excluding hydrogens is 200 g/mol. The van der Waals surface area contributed by atoms with Crippen LogP contribution in [0, 0.1) is 0 Å². The number of hydrogen-bond acceptors (Lipinski definition) is 2. The SMILES string of the molecule is CCCCCC/C=C/C(C)=C/C(=O)OCC. The van der Waals surface area contributed by atoms with Crippen molar-refractivity contribution in [3.05, 3.63) is 23.8 Å². The van der Waals surface area contributed by atoms with Crippen molar-refractivity contribution in [1.29, 1.82) is 0 Å². The van der Waals surface area contributed by atoms with Crippen LogP contribution in [0.2, 0.25) is 0 Å². The van der Waals surface area contributed by atoms with Crippen molar-refractivity contribution >= 4 is 5.97 Å². The molecule has 0 aromatic rings. The van der Waals surface area contributed by atoms with E-state index in [9.17, 15) is 4.79 Å². The van der Waals surface area contributed by atoms with Gasteiger partial charge in [-0.3, -0.25) is 0 Å². The number of esters is 1. The van der Waals surface area contributed by atoms with E-state index in [0.717, 1.165) is 12.0 Å². The first-order valence-electron chi connectivity index (χ1n) is 6.22. The first kappa shape index (κ1) is 14.9. The van der Waals surface area contributed by atoms with E-state index in [1.54, 1.807) is 0 Å². The molecule has 0 aromatic carbocycles. The number of carbonyl (C=O) groups is 1. The zero-order valence-corrected chi connectivity index (χ0v) is 10.8. The van der Waals surface area contributed by atoms with Gasteiger partial charge in [0.1, 0.15) is 0 Å². The monoisotopic (exact) mass is 224 g/mol. The smallest absolute Gasteiger partial charge is 0.330 e. The highest BCUT2D eigenvalue weighted by Gasteiger charge is 1.94. The van der Waals surface area contributed by atoms with E-state index in [1.807, 2.05) is 19.9 Å². The zero-order chi connectivity index (χ0) is 12.2. The highest BCUT2D eigenvalue weighted by Crippen LogP contribution is 2.04. The van der Waals surface area contributed by atoms with Crippen LogP contribution >= 0.6 is 0 Å². The second kappa shape index (κ2) is 10.5. The number of allylic oxidation sites excluding steroid dienone is 3. The number of ether oxygens (including phenoxy) is 1. The molecule has 16 heavy (non-hydrogen) atoms. The fourth-order valence-electron chi connectivity index (χ4n) is 1.38.